The molecule has 2 rings (SSSR count). The molecule has 0 aliphatic carbocycles. The Labute approximate surface area is 131 Å². The standard InChI is InChI=1S/C18H25NO3/c1-12(2)5-6-13(3)19-18(20)9-14-11-22-17-10-15(21-4)7-8-16(14)17/h7-8,10-13H,5-6,9H2,1-4H3,(H,19,20). The first kappa shape index (κ1) is 16.4. The summed E-state index contributed by atoms with van der Waals surface area (Å²) in [4.78, 5) is 12.2. The normalized spacial score (nSPS) is 12.6. The van der Waals surface area contributed by atoms with Crippen molar-refractivity contribution in [2.45, 2.75) is 46.1 Å². The third kappa shape index (κ3) is 4.26. The minimum Gasteiger partial charge on any atom is -0.497 e. The number of ether oxygens (including phenoxy) is 1. The number of hydrogen-bond donors (Lipinski definition) is 1. The summed E-state index contributed by atoms with van der Waals surface area (Å²) >= 11 is 0. The highest BCUT2D eigenvalue weighted by atomic mass is 16.5. The zero-order valence-electron chi connectivity index (χ0n) is 13.8. The van der Waals surface area contributed by atoms with E-state index in [0.29, 0.717) is 12.3 Å². The van der Waals surface area contributed by atoms with Gasteiger partial charge in [0.1, 0.15) is 11.3 Å². The van der Waals surface area contributed by atoms with Crippen LogP contribution >= 0.6 is 0 Å². The van der Waals surface area contributed by atoms with E-state index in [1.165, 1.54) is 0 Å². The number of rotatable bonds is 7. The third-order valence-electron chi connectivity index (χ3n) is 3.80. The van der Waals surface area contributed by atoms with Crippen LogP contribution in [0.5, 0.6) is 5.75 Å². The van der Waals surface area contributed by atoms with Gasteiger partial charge in [0.2, 0.25) is 5.91 Å². The first-order chi connectivity index (χ1) is 10.5. The molecule has 4 heteroatoms. The molecule has 1 aromatic carbocycles. The van der Waals surface area contributed by atoms with Crippen LogP contribution in [-0.4, -0.2) is 19.1 Å². The van der Waals surface area contributed by atoms with E-state index >= 15 is 0 Å². The fraction of sp³-hybridized carbons (Fsp3) is 0.500. The smallest absolute Gasteiger partial charge is 0.224 e. The molecule has 4 nitrogen and oxygen atoms in total. The quantitative estimate of drug-likeness (QED) is 0.843. The number of fused-ring (bicyclic) bond motifs is 1. The van der Waals surface area contributed by atoms with Crippen LogP contribution in [0.25, 0.3) is 11.0 Å². The molecule has 0 aliphatic rings. The number of benzene rings is 1. The van der Waals surface area contributed by atoms with Gasteiger partial charge in [-0.3, -0.25) is 4.79 Å². The van der Waals surface area contributed by atoms with Gasteiger partial charge in [0.25, 0.3) is 0 Å². The van der Waals surface area contributed by atoms with Gasteiger partial charge >= 0.3 is 0 Å². The molecule has 1 atom stereocenters. The summed E-state index contributed by atoms with van der Waals surface area (Å²) in [7, 11) is 1.62. The van der Waals surface area contributed by atoms with Crippen molar-refractivity contribution >= 4 is 16.9 Å². The largest absolute Gasteiger partial charge is 0.497 e. The topological polar surface area (TPSA) is 51.5 Å². The molecule has 0 fully saturated rings. The van der Waals surface area contributed by atoms with E-state index < -0.39 is 0 Å². The highest BCUT2D eigenvalue weighted by Gasteiger charge is 2.13. The van der Waals surface area contributed by atoms with Gasteiger partial charge in [0.15, 0.2) is 0 Å². The lowest BCUT2D eigenvalue weighted by Crippen LogP contribution is -2.33. The maximum Gasteiger partial charge on any atom is 0.224 e. The van der Waals surface area contributed by atoms with Gasteiger partial charge in [-0.05, 0) is 37.8 Å². The minimum atomic E-state index is 0.0368. The monoisotopic (exact) mass is 303 g/mol. The lowest BCUT2D eigenvalue weighted by molar-refractivity contribution is -0.121. The summed E-state index contributed by atoms with van der Waals surface area (Å²) in [6.45, 7) is 6.44. The molecule has 0 saturated heterocycles. The van der Waals surface area contributed by atoms with Crippen molar-refractivity contribution in [1.82, 2.24) is 5.32 Å². The van der Waals surface area contributed by atoms with E-state index in [2.05, 4.69) is 26.1 Å². The van der Waals surface area contributed by atoms with Gasteiger partial charge in [-0.2, -0.15) is 0 Å². The molecule has 0 radical (unpaired) electrons. The van der Waals surface area contributed by atoms with Crippen LogP contribution in [0.2, 0.25) is 0 Å². The minimum absolute atomic E-state index is 0.0368. The van der Waals surface area contributed by atoms with E-state index in [0.717, 1.165) is 35.1 Å². The SMILES string of the molecule is COc1ccc2c(CC(=O)NC(C)CCC(C)C)coc2c1. The summed E-state index contributed by atoms with van der Waals surface area (Å²) in [5.74, 6) is 1.45. The fourth-order valence-corrected chi connectivity index (χ4v) is 2.48. The summed E-state index contributed by atoms with van der Waals surface area (Å²) in [5, 5.41) is 4.02. The molecule has 2 aromatic rings. The van der Waals surface area contributed by atoms with Crippen molar-refractivity contribution in [1.29, 1.82) is 0 Å². The molecule has 120 valence electrons. The second-order valence-electron chi connectivity index (χ2n) is 6.24. The molecule has 22 heavy (non-hydrogen) atoms. The van der Waals surface area contributed by atoms with Crippen molar-refractivity contribution in [3.63, 3.8) is 0 Å². The molecule has 1 N–H and O–H groups in total. The van der Waals surface area contributed by atoms with Crippen LogP contribution in [0.15, 0.2) is 28.9 Å². The van der Waals surface area contributed by atoms with Gasteiger partial charge < -0.3 is 14.5 Å². The van der Waals surface area contributed by atoms with E-state index in [-0.39, 0.29) is 11.9 Å². The van der Waals surface area contributed by atoms with E-state index in [9.17, 15) is 4.79 Å². The molecule has 0 spiro atoms. The van der Waals surface area contributed by atoms with Crippen LogP contribution in [0.1, 0.15) is 39.2 Å². The maximum atomic E-state index is 12.2. The third-order valence-corrected chi connectivity index (χ3v) is 3.80. The lowest BCUT2D eigenvalue weighted by Gasteiger charge is -2.14. The van der Waals surface area contributed by atoms with Crippen LogP contribution < -0.4 is 10.1 Å². The second kappa shape index (κ2) is 7.34. The maximum absolute atomic E-state index is 12.2. The highest BCUT2D eigenvalue weighted by molar-refractivity contribution is 5.88. The Bertz CT molecular complexity index is 630. The Kier molecular flexibility index (Phi) is 5.47. The zero-order valence-corrected chi connectivity index (χ0v) is 13.8. The molecule has 0 saturated carbocycles. The van der Waals surface area contributed by atoms with Crippen molar-refractivity contribution < 1.29 is 13.9 Å². The van der Waals surface area contributed by atoms with Gasteiger partial charge in [0.05, 0.1) is 19.8 Å². The van der Waals surface area contributed by atoms with Gasteiger partial charge in [0, 0.05) is 23.1 Å². The van der Waals surface area contributed by atoms with Crippen molar-refractivity contribution in [2.75, 3.05) is 7.11 Å². The molecular formula is C18H25NO3. The average molecular weight is 303 g/mol. The number of methoxy groups -OCH3 is 1. The van der Waals surface area contributed by atoms with Gasteiger partial charge in [-0.25, -0.2) is 0 Å². The molecule has 1 amide bonds. The Balaban J connectivity index is 1.97. The second-order valence-corrected chi connectivity index (χ2v) is 6.24. The number of carbonyl (C=O) groups is 1. The van der Waals surface area contributed by atoms with E-state index in [1.807, 2.05) is 18.2 Å². The number of amides is 1. The molecular weight excluding hydrogens is 278 g/mol. The van der Waals surface area contributed by atoms with Crippen LogP contribution in [0, 0.1) is 5.92 Å². The summed E-state index contributed by atoms with van der Waals surface area (Å²) in [6.07, 6.45) is 4.12. The van der Waals surface area contributed by atoms with Gasteiger partial charge in [-0.1, -0.05) is 13.8 Å². The number of hydrogen-bond acceptors (Lipinski definition) is 3. The highest BCUT2D eigenvalue weighted by Crippen LogP contribution is 2.25. The van der Waals surface area contributed by atoms with Crippen molar-refractivity contribution in [2.24, 2.45) is 5.92 Å². The molecule has 1 aromatic heterocycles. The molecule has 1 unspecified atom stereocenters. The Morgan fingerprint density at radius 1 is 1.27 bits per heavy atom. The molecule has 0 bridgehead atoms. The zero-order chi connectivity index (χ0) is 16.1. The average Bonchev–Trinajstić information content (AvgIpc) is 2.87. The first-order valence-corrected chi connectivity index (χ1v) is 7.83. The van der Waals surface area contributed by atoms with Gasteiger partial charge in [-0.15, -0.1) is 0 Å². The number of furan rings is 1. The summed E-state index contributed by atoms with van der Waals surface area (Å²) < 4.78 is 10.7. The number of carbonyl (C=O) groups excluding carboxylic acids is 1. The predicted molar refractivity (Wildman–Crippen MR) is 88.1 cm³/mol. The number of nitrogens with one attached hydrogen (secondary N) is 1. The van der Waals surface area contributed by atoms with Crippen molar-refractivity contribution in [3.8, 4) is 5.75 Å². The summed E-state index contributed by atoms with van der Waals surface area (Å²) in [6, 6.07) is 5.85. The molecule has 1 heterocycles. The Morgan fingerprint density at radius 2 is 2.05 bits per heavy atom. The van der Waals surface area contributed by atoms with Crippen LogP contribution in [0.3, 0.4) is 0 Å². The first-order valence-electron chi connectivity index (χ1n) is 7.83. The Hall–Kier alpha value is -1.97. The van der Waals surface area contributed by atoms with Crippen molar-refractivity contribution in [3.05, 3.63) is 30.0 Å². The summed E-state index contributed by atoms with van der Waals surface area (Å²) in [5.41, 5.74) is 1.65. The predicted octanol–water partition coefficient (Wildman–Crippen LogP) is 3.92. The fourth-order valence-electron chi connectivity index (χ4n) is 2.48. The van der Waals surface area contributed by atoms with Crippen LogP contribution in [0.4, 0.5) is 0 Å². The van der Waals surface area contributed by atoms with Crippen LogP contribution in [-0.2, 0) is 11.2 Å². The van der Waals surface area contributed by atoms with E-state index in [4.69, 9.17) is 9.15 Å². The Morgan fingerprint density at radius 3 is 2.73 bits per heavy atom. The lowest BCUT2D eigenvalue weighted by atomic mass is 10.0. The molecule has 0 aliphatic heterocycles. The van der Waals surface area contributed by atoms with E-state index in [1.54, 1.807) is 13.4 Å².